The van der Waals surface area contributed by atoms with Crippen molar-refractivity contribution in [3.63, 3.8) is 0 Å². The van der Waals surface area contributed by atoms with Crippen molar-refractivity contribution in [3.05, 3.63) is 53.6 Å². The van der Waals surface area contributed by atoms with Crippen molar-refractivity contribution in [1.82, 2.24) is 20.2 Å². The molecule has 0 aliphatic rings. The molecule has 0 saturated heterocycles. The lowest BCUT2D eigenvalue weighted by Gasteiger charge is -2.08. The van der Waals surface area contributed by atoms with Gasteiger partial charge in [0.25, 0.3) is 5.91 Å². The van der Waals surface area contributed by atoms with Crippen molar-refractivity contribution < 1.29 is 14.6 Å². The number of carbonyl (C=O) groups excluding carboxylic acids is 1. The number of hydrazone groups is 1. The minimum atomic E-state index is -0.288. The summed E-state index contributed by atoms with van der Waals surface area (Å²) < 4.78 is 7.31. The van der Waals surface area contributed by atoms with Crippen molar-refractivity contribution in [3.8, 4) is 22.9 Å². The molecule has 0 bridgehead atoms. The van der Waals surface area contributed by atoms with Crippen molar-refractivity contribution in [2.24, 2.45) is 5.10 Å². The summed E-state index contributed by atoms with van der Waals surface area (Å²) in [5, 5.41) is 23.3. The smallest absolute Gasteiger partial charge is 0.250 e. The summed E-state index contributed by atoms with van der Waals surface area (Å²) in [6.07, 6.45) is 1.38. The number of hydrogen-bond donors (Lipinski definition) is 2. The number of carbonyl (C=O) groups is 1. The molecule has 0 aliphatic heterocycles. The van der Waals surface area contributed by atoms with E-state index in [-0.39, 0.29) is 17.4 Å². The van der Waals surface area contributed by atoms with Gasteiger partial charge in [-0.3, -0.25) is 4.79 Å². The molecule has 0 aliphatic carbocycles. The quantitative estimate of drug-likeness (QED) is 0.300. The number of para-hydroxylation sites is 1. The zero-order valence-electron chi connectivity index (χ0n) is 17.7. The topological polar surface area (TPSA) is 102 Å². The second-order valence-electron chi connectivity index (χ2n) is 6.63. The molecule has 3 aromatic rings. The van der Waals surface area contributed by atoms with Gasteiger partial charge in [-0.2, -0.15) is 5.10 Å². The zero-order chi connectivity index (χ0) is 22.2. The number of aryl methyl sites for hydroxylation is 1. The van der Waals surface area contributed by atoms with E-state index in [9.17, 15) is 9.90 Å². The molecule has 0 spiro atoms. The average molecular weight is 440 g/mol. The number of amides is 1. The van der Waals surface area contributed by atoms with Crippen molar-refractivity contribution in [1.29, 1.82) is 0 Å². The van der Waals surface area contributed by atoms with Gasteiger partial charge in [-0.25, -0.2) is 5.43 Å². The Morgan fingerprint density at radius 3 is 2.71 bits per heavy atom. The number of thioether (sulfide) groups is 1. The number of nitrogens with zero attached hydrogens (tertiary/aromatic N) is 4. The molecule has 8 nitrogen and oxygen atoms in total. The van der Waals surface area contributed by atoms with Gasteiger partial charge in [0.2, 0.25) is 0 Å². The number of hydrogen-bond acceptors (Lipinski definition) is 7. The second-order valence-corrected chi connectivity index (χ2v) is 7.57. The minimum Gasteiger partial charge on any atom is -0.504 e. The van der Waals surface area contributed by atoms with Crippen LogP contribution in [0, 0.1) is 6.92 Å². The Bertz CT molecular complexity index is 1060. The third kappa shape index (κ3) is 5.64. The summed E-state index contributed by atoms with van der Waals surface area (Å²) in [7, 11) is 0. The van der Waals surface area contributed by atoms with Gasteiger partial charge in [-0.05, 0) is 32.9 Å². The van der Waals surface area contributed by atoms with Crippen LogP contribution in [0.1, 0.15) is 25.0 Å². The Hall–Kier alpha value is -3.33. The van der Waals surface area contributed by atoms with Gasteiger partial charge in [0.1, 0.15) is 0 Å². The van der Waals surface area contributed by atoms with Crippen LogP contribution in [0.3, 0.4) is 0 Å². The molecule has 1 aromatic heterocycles. The van der Waals surface area contributed by atoms with Crippen molar-refractivity contribution >= 4 is 23.9 Å². The maximum Gasteiger partial charge on any atom is 0.250 e. The van der Waals surface area contributed by atoms with E-state index in [0.29, 0.717) is 29.6 Å². The Morgan fingerprint density at radius 2 is 2.00 bits per heavy atom. The molecular formula is C22H25N5O3S. The fourth-order valence-electron chi connectivity index (χ4n) is 2.85. The number of phenols is 1. The van der Waals surface area contributed by atoms with Gasteiger partial charge in [0, 0.05) is 17.7 Å². The van der Waals surface area contributed by atoms with Crippen LogP contribution in [-0.2, 0) is 11.3 Å². The van der Waals surface area contributed by atoms with E-state index < -0.39 is 0 Å². The summed E-state index contributed by atoms with van der Waals surface area (Å²) in [6.45, 7) is 7.01. The molecule has 2 N–H and O–H groups in total. The van der Waals surface area contributed by atoms with E-state index in [0.717, 1.165) is 11.4 Å². The van der Waals surface area contributed by atoms with Crippen LogP contribution >= 0.6 is 11.8 Å². The Kier molecular flexibility index (Phi) is 7.66. The third-order valence-electron chi connectivity index (χ3n) is 4.40. The zero-order valence-corrected chi connectivity index (χ0v) is 18.5. The molecule has 3 rings (SSSR count). The highest BCUT2D eigenvalue weighted by Gasteiger charge is 2.14. The molecule has 9 heteroatoms. The van der Waals surface area contributed by atoms with E-state index in [1.54, 1.807) is 18.2 Å². The maximum absolute atomic E-state index is 12.2. The van der Waals surface area contributed by atoms with E-state index in [4.69, 9.17) is 4.74 Å². The Morgan fingerprint density at radius 1 is 1.23 bits per heavy atom. The van der Waals surface area contributed by atoms with Gasteiger partial charge in [-0.15, -0.1) is 10.2 Å². The number of nitrogens with one attached hydrogen (secondary N) is 1. The molecule has 1 amide bonds. The van der Waals surface area contributed by atoms with E-state index in [1.807, 2.05) is 49.6 Å². The third-order valence-corrected chi connectivity index (χ3v) is 5.36. The fourth-order valence-corrected chi connectivity index (χ4v) is 3.64. The highest BCUT2D eigenvalue weighted by Crippen LogP contribution is 2.28. The van der Waals surface area contributed by atoms with Crippen molar-refractivity contribution in [2.75, 3.05) is 12.4 Å². The predicted octanol–water partition coefficient (Wildman–Crippen LogP) is 3.62. The first-order chi connectivity index (χ1) is 15.0. The molecule has 0 unspecified atom stereocenters. The highest BCUT2D eigenvalue weighted by molar-refractivity contribution is 7.99. The standard InChI is InChI=1S/C22H25N5O3S/c1-4-27-21(16-11-9-15(3)10-12-16)25-26-22(27)31-14-19(28)24-23-13-17-7-6-8-18(20(17)29)30-5-2/h6-13,29H,4-5,14H2,1-3H3,(H,24,28). The lowest BCUT2D eigenvalue weighted by Crippen LogP contribution is -2.20. The van der Waals surface area contributed by atoms with E-state index >= 15 is 0 Å². The summed E-state index contributed by atoms with van der Waals surface area (Å²) in [5.74, 6) is 0.972. The van der Waals surface area contributed by atoms with Crippen LogP contribution in [0.2, 0.25) is 0 Å². The average Bonchev–Trinajstić information content (AvgIpc) is 3.18. The predicted molar refractivity (Wildman–Crippen MR) is 122 cm³/mol. The molecule has 2 aromatic carbocycles. The summed E-state index contributed by atoms with van der Waals surface area (Å²) >= 11 is 1.29. The maximum atomic E-state index is 12.2. The largest absolute Gasteiger partial charge is 0.504 e. The lowest BCUT2D eigenvalue weighted by atomic mass is 10.1. The van der Waals surface area contributed by atoms with Crippen molar-refractivity contribution in [2.45, 2.75) is 32.5 Å². The van der Waals surface area contributed by atoms with Gasteiger partial charge in [-0.1, -0.05) is 47.7 Å². The fraction of sp³-hybridized carbons (Fsp3) is 0.273. The van der Waals surface area contributed by atoms with Crippen LogP contribution in [0.25, 0.3) is 11.4 Å². The first kappa shape index (κ1) is 22.4. The summed E-state index contributed by atoms with van der Waals surface area (Å²) in [4.78, 5) is 12.2. The van der Waals surface area contributed by atoms with Crippen LogP contribution in [0.15, 0.2) is 52.7 Å². The van der Waals surface area contributed by atoms with Gasteiger partial charge in [0.05, 0.1) is 18.6 Å². The second kappa shape index (κ2) is 10.6. The van der Waals surface area contributed by atoms with E-state index in [1.165, 1.54) is 23.5 Å². The minimum absolute atomic E-state index is 0.0172. The van der Waals surface area contributed by atoms with Gasteiger partial charge in [0.15, 0.2) is 22.5 Å². The summed E-state index contributed by atoms with van der Waals surface area (Å²) in [6, 6.07) is 13.2. The Labute approximate surface area is 185 Å². The van der Waals surface area contributed by atoms with Gasteiger partial charge < -0.3 is 14.4 Å². The van der Waals surface area contributed by atoms with Crippen LogP contribution < -0.4 is 10.2 Å². The molecule has 0 radical (unpaired) electrons. The molecule has 1 heterocycles. The molecule has 0 atom stereocenters. The first-order valence-corrected chi connectivity index (χ1v) is 10.9. The number of benzene rings is 2. The van der Waals surface area contributed by atoms with E-state index in [2.05, 4.69) is 20.7 Å². The molecule has 0 fully saturated rings. The SMILES string of the molecule is CCOc1cccc(C=NNC(=O)CSc2nnc(-c3ccc(C)cc3)n2CC)c1O. The number of aromatic hydroxyl groups is 1. The van der Waals surface area contributed by atoms with Gasteiger partial charge >= 0.3 is 0 Å². The monoisotopic (exact) mass is 439 g/mol. The normalized spacial score (nSPS) is 11.1. The van der Waals surface area contributed by atoms with Crippen LogP contribution in [0.5, 0.6) is 11.5 Å². The van der Waals surface area contributed by atoms with Crippen LogP contribution in [0.4, 0.5) is 0 Å². The molecular weight excluding hydrogens is 414 g/mol. The molecule has 0 saturated carbocycles. The number of aromatic nitrogens is 3. The number of rotatable bonds is 9. The highest BCUT2D eigenvalue weighted by atomic mass is 32.2. The van der Waals surface area contributed by atoms with Crippen LogP contribution in [-0.4, -0.2) is 44.4 Å². The first-order valence-electron chi connectivity index (χ1n) is 9.93. The Balaban J connectivity index is 1.60. The molecule has 162 valence electrons. The summed E-state index contributed by atoms with van der Waals surface area (Å²) in [5.41, 5.74) is 5.07. The number of ether oxygens (including phenoxy) is 1. The molecule has 31 heavy (non-hydrogen) atoms. The lowest BCUT2D eigenvalue weighted by molar-refractivity contribution is -0.118. The number of phenolic OH excluding ortho intramolecular Hbond substituents is 1.